The number of benzene rings is 3. The van der Waals surface area contributed by atoms with E-state index >= 15 is 0 Å². The van der Waals surface area contributed by atoms with E-state index in [2.05, 4.69) is 0 Å². The van der Waals surface area contributed by atoms with E-state index in [1.165, 1.54) is 6.07 Å². The average molecular weight is 485 g/mol. The van der Waals surface area contributed by atoms with Crippen LogP contribution in [0.5, 0.6) is 11.5 Å². The van der Waals surface area contributed by atoms with Crippen LogP contribution in [0, 0.1) is 17.5 Å². The van der Waals surface area contributed by atoms with Gasteiger partial charge in [-0.2, -0.15) is 0 Å². The molecule has 0 N–H and O–H groups in total. The zero-order chi connectivity index (χ0) is 24.8. The maximum Gasteiger partial charge on any atom is 0.165 e. The van der Waals surface area contributed by atoms with Crippen LogP contribution in [0.25, 0.3) is 11.1 Å². The molecule has 6 heteroatoms. The molecule has 3 aromatic rings. The second-order valence-corrected chi connectivity index (χ2v) is 8.76. The monoisotopic (exact) mass is 484 g/mol. The molecule has 0 unspecified atom stereocenters. The van der Waals surface area contributed by atoms with Crippen LogP contribution in [0.15, 0.2) is 54.6 Å². The quantitative estimate of drug-likeness (QED) is 0.310. The van der Waals surface area contributed by atoms with Gasteiger partial charge in [0.05, 0.1) is 12.7 Å². The van der Waals surface area contributed by atoms with Gasteiger partial charge in [-0.05, 0) is 80.8 Å². The first kappa shape index (κ1) is 25.1. The van der Waals surface area contributed by atoms with E-state index in [1.54, 1.807) is 48.5 Å². The molecule has 35 heavy (non-hydrogen) atoms. The van der Waals surface area contributed by atoms with Crippen LogP contribution in [0.1, 0.15) is 56.6 Å². The van der Waals surface area contributed by atoms with E-state index in [4.69, 9.17) is 14.2 Å². The Bertz CT molecular complexity index is 1120. The van der Waals surface area contributed by atoms with Gasteiger partial charge in [-0.15, -0.1) is 0 Å². The van der Waals surface area contributed by atoms with Crippen molar-refractivity contribution < 1.29 is 27.4 Å². The smallest absolute Gasteiger partial charge is 0.165 e. The van der Waals surface area contributed by atoms with Gasteiger partial charge in [0.1, 0.15) is 23.9 Å². The molecule has 0 atom stereocenters. The Labute approximate surface area is 204 Å². The van der Waals surface area contributed by atoms with Gasteiger partial charge in [-0.1, -0.05) is 24.3 Å². The van der Waals surface area contributed by atoms with Gasteiger partial charge in [-0.25, -0.2) is 13.2 Å². The fourth-order valence-electron chi connectivity index (χ4n) is 4.69. The third-order valence-corrected chi connectivity index (χ3v) is 6.52. The van der Waals surface area contributed by atoms with Gasteiger partial charge in [0.15, 0.2) is 11.6 Å². The van der Waals surface area contributed by atoms with Crippen LogP contribution >= 0.6 is 0 Å². The summed E-state index contributed by atoms with van der Waals surface area (Å²) in [6.07, 6.45) is 3.52. The summed E-state index contributed by atoms with van der Waals surface area (Å²) in [6, 6.07) is 14.9. The van der Waals surface area contributed by atoms with Crippen LogP contribution < -0.4 is 9.47 Å². The van der Waals surface area contributed by atoms with Crippen molar-refractivity contribution >= 4 is 0 Å². The molecule has 0 aliphatic heterocycles. The highest BCUT2D eigenvalue weighted by atomic mass is 19.2. The minimum atomic E-state index is -0.859. The third-order valence-electron chi connectivity index (χ3n) is 6.52. The molecule has 1 aliphatic rings. The number of ether oxygens (including phenoxy) is 3. The first-order valence-electron chi connectivity index (χ1n) is 12.2. The molecule has 1 saturated carbocycles. The molecule has 0 aromatic heterocycles. The van der Waals surface area contributed by atoms with Crippen molar-refractivity contribution in [2.24, 2.45) is 0 Å². The molecule has 3 aromatic carbocycles. The van der Waals surface area contributed by atoms with Crippen molar-refractivity contribution in [3.05, 3.63) is 83.2 Å². The van der Waals surface area contributed by atoms with Crippen molar-refractivity contribution in [3.8, 4) is 22.6 Å². The molecule has 0 heterocycles. The highest BCUT2D eigenvalue weighted by Gasteiger charge is 2.26. The Hall–Kier alpha value is -2.99. The number of halogens is 3. The van der Waals surface area contributed by atoms with Gasteiger partial charge in [-0.3, -0.25) is 0 Å². The van der Waals surface area contributed by atoms with Crippen molar-refractivity contribution in [1.82, 2.24) is 0 Å². The summed E-state index contributed by atoms with van der Waals surface area (Å²) < 4.78 is 60.8. The van der Waals surface area contributed by atoms with Crippen molar-refractivity contribution in [2.45, 2.75) is 58.2 Å². The predicted molar refractivity (Wildman–Crippen MR) is 130 cm³/mol. The van der Waals surface area contributed by atoms with Crippen molar-refractivity contribution in [3.63, 3.8) is 0 Å². The lowest BCUT2D eigenvalue weighted by Gasteiger charge is -2.29. The summed E-state index contributed by atoms with van der Waals surface area (Å²) in [4.78, 5) is 0. The van der Waals surface area contributed by atoms with Crippen LogP contribution in [0.2, 0.25) is 0 Å². The normalized spacial score (nSPS) is 17.9. The first-order valence-corrected chi connectivity index (χ1v) is 12.2. The van der Waals surface area contributed by atoms with Crippen molar-refractivity contribution in [2.75, 3.05) is 13.2 Å². The fourth-order valence-corrected chi connectivity index (χ4v) is 4.69. The van der Waals surface area contributed by atoms with E-state index in [1.807, 2.05) is 13.8 Å². The minimum Gasteiger partial charge on any atom is -0.494 e. The van der Waals surface area contributed by atoms with Crippen molar-refractivity contribution in [1.29, 1.82) is 0 Å². The number of hydrogen-bond donors (Lipinski definition) is 0. The number of hydrogen-bond acceptors (Lipinski definition) is 3. The van der Waals surface area contributed by atoms with E-state index in [9.17, 15) is 13.2 Å². The van der Waals surface area contributed by atoms with Gasteiger partial charge >= 0.3 is 0 Å². The molecule has 1 aliphatic carbocycles. The Morgan fingerprint density at radius 2 is 1.46 bits per heavy atom. The second-order valence-electron chi connectivity index (χ2n) is 8.76. The lowest BCUT2D eigenvalue weighted by molar-refractivity contribution is 0.0325. The Morgan fingerprint density at radius 3 is 2.11 bits per heavy atom. The van der Waals surface area contributed by atoms with Crippen LogP contribution in [-0.2, 0) is 11.3 Å². The van der Waals surface area contributed by atoms with E-state index < -0.39 is 11.6 Å². The molecular weight excluding hydrogens is 453 g/mol. The number of rotatable bonds is 9. The topological polar surface area (TPSA) is 27.7 Å². The Balaban J connectivity index is 1.39. The van der Waals surface area contributed by atoms with Gasteiger partial charge < -0.3 is 14.2 Å². The summed E-state index contributed by atoms with van der Waals surface area (Å²) in [5, 5.41) is 0. The fraction of sp³-hybridized carbons (Fsp3) is 0.379. The maximum atomic E-state index is 14.9. The first-order chi connectivity index (χ1) is 17.0. The predicted octanol–water partition coefficient (Wildman–Crippen LogP) is 7.81. The van der Waals surface area contributed by atoms with E-state index in [-0.39, 0.29) is 30.0 Å². The summed E-state index contributed by atoms with van der Waals surface area (Å²) >= 11 is 0. The molecule has 1 fully saturated rings. The summed E-state index contributed by atoms with van der Waals surface area (Å²) in [7, 11) is 0. The third kappa shape index (κ3) is 5.99. The lowest BCUT2D eigenvalue weighted by Crippen LogP contribution is -2.21. The maximum absolute atomic E-state index is 14.9. The molecule has 3 nitrogen and oxygen atoms in total. The average Bonchev–Trinajstić information content (AvgIpc) is 2.87. The zero-order valence-corrected chi connectivity index (χ0v) is 20.2. The zero-order valence-electron chi connectivity index (χ0n) is 20.2. The van der Waals surface area contributed by atoms with Crippen LogP contribution in [0.4, 0.5) is 13.2 Å². The van der Waals surface area contributed by atoms with Gasteiger partial charge in [0, 0.05) is 23.8 Å². The molecule has 0 saturated heterocycles. The highest BCUT2D eigenvalue weighted by molar-refractivity contribution is 5.65. The SMILES string of the molecule is CCOc1ccc(-c2ccc(OCc3ccc(C4CCC(OCC)CC4)c(F)c3F)cc2)c(F)c1. The molecule has 186 valence electrons. The standard InChI is InChI=1S/C29H31F3O3/c1-3-33-22-10-7-20(8-11-22)26-15-9-21(28(31)29(26)32)18-35-23-12-5-19(6-13-23)25-16-14-24(34-4-2)17-27(25)30/h5-6,9,12-17,20,22H,3-4,7-8,10-11,18H2,1-2H3. The molecule has 4 rings (SSSR count). The highest BCUT2D eigenvalue weighted by Crippen LogP contribution is 2.36. The van der Waals surface area contributed by atoms with E-state index in [0.717, 1.165) is 25.7 Å². The largest absolute Gasteiger partial charge is 0.494 e. The minimum absolute atomic E-state index is 0.00622. The molecule has 0 bridgehead atoms. The van der Waals surface area contributed by atoms with Gasteiger partial charge in [0.2, 0.25) is 0 Å². The second kappa shape index (κ2) is 11.6. The van der Waals surface area contributed by atoms with Crippen LogP contribution in [-0.4, -0.2) is 19.3 Å². The molecule has 0 spiro atoms. The molecular formula is C29H31F3O3. The van der Waals surface area contributed by atoms with E-state index in [0.29, 0.717) is 41.4 Å². The Kier molecular flexibility index (Phi) is 8.34. The summed E-state index contributed by atoms with van der Waals surface area (Å²) in [5.74, 6) is -1.06. The van der Waals surface area contributed by atoms with Gasteiger partial charge in [0.25, 0.3) is 0 Å². The summed E-state index contributed by atoms with van der Waals surface area (Å²) in [6.45, 7) is 4.85. The molecule has 0 amide bonds. The summed E-state index contributed by atoms with van der Waals surface area (Å²) in [5.41, 5.74) is 1.72. The lowest BCUT2D eigenvalue weighted by atomic mass is 9.82. The van der Waals surface area contributed by atoms with Crippen LogP contribution in [0.3, 0.4) is 0 Å². The molecule has 0 radical (unpaired) electrons. The Morgan fingerprint density at radius 1 is 0.743 bits per heavy atom.